The summed E-state index contributed by atoms with van der Waals surface area (Å²) in [6.07, 6.45) is 3.26. The molecule has 0 aromatic carbocycles. The standard InChI is InChI=1S/C10H14N2O2/c1-10(2,5-9(13)14)7-6-12-4-3-8(7)11/h3-4,6H,5H2,1-2H3,(H2,11,12)(H,13,14). The fraction of sp³-hybridized carbons (Fsp3) is 0.400. The smallest absolute Gasteiger partial charge is 0.304 e. The fourth-order valence-corrected chi connectivity index (χ4v) is 1.44. The van der Waals surface area contributed by atoms with Gasteiger partial charge in [-0.15, -0.1) is 0 Å². The van der Waals surface area contributed by atoms with Crippen LogP contribution in [-0.4, -0.2) is 16.1 Å². The monoisotopic (exact) mass is 194 g/mol. The van der Waals surface area contributed by atoms with Gasteiger partial charge in [0.25, 0.3) is 0 Å². The molecule has 0 amide bonds. The van der Waals surface area contributed by atoms with Crippen LogP contribution < -0.4 is 5.73 Å². The molecule has 1 aromatic heterocycles. The number of aromatic nitrogens is 1. The van der Waals surface area contributed by atoms with Gasteiger partial charge in [0, 0.05) is 23.5 Å². The number of nitrogens with two attached hydrogens (primary N) is 1. The van der Waals surface area contributed by atoms with Gasteiger partial charge >= 0.3 is 5.97 Å². The third kappa shape index (κ3) is 2.22. The minimum atomic E-state index is -0.835. The van der Waals surface area contributed by atoms with Crippen molar-refractivity contribution in [2.24, 2.45) is 0 Å². The van der Waals surface area contributed by atoms with Crippen molar-refractivity contribution in [3.05, 3.63) is 24.0 Å². The highest BCUT2D eigenvalue weighted by atomic mass is 16.4. The van der Waals surface area contributed by atoms with Gasteiger partial charge < -0.3 is 10.8 Å². The molecule has 4 heteroatoms. The molecule has 0 spiro atoms. The van der Waals surface area contributed by atoms with Crippen LogP contribution in [0.3, 0.4) is 0 Å². The molecule has 1 rings (SSSR count). The molecule has 0 saturated heterocycles. The van der Waals surface area contributed by atoms with Crippen molar-refractivity contribution in [2.45, 2.75) is 25.7 Å². The van der Waals surface area contributed by atoms with E-state index < -0.39 is 11.4 Å². The highest BCUT2D eigenvalue weighted by Gasteiger charge is 2.26. The first-order valence-electron chi connectivity index (χ1n) is 4.35. The SMILES string of the molecule is CC(C)(CC(=O)O)c1cnccc1N. The number of carboxylic acids is 1. The Hall–Kier alpha value is -1.58. The maximum absolute atomic E-state index is 10.6. The summed E-state index contributed by atoms with van der Waals surface area (Å²) in [6.45, 7) is 3.68. The van der Waals surface area contributed by atoms with E-state index in [0.29, 0.717) is 5.69 Å². The van der Waals surface area contributed by atoms with Crippen molar-refractivity contribution in [3.63, 3.8) is 0 Å². The molecular formula is C10H14N2O2. The molecule has 4 nitrogen and oxygen atoms in total. The molecule has 0 atom stereocenters. The van der Waals surface area contributed by atoms with Crippen molar-refractivity contribution in [3.8, 4) is 0 Å². The minimum absolute atomic E-state index is 0.0445. The molecule has 0 unspecified atom stereocenters. The molecule has 0 aliphatic rings. The Bertz CT molecular complexity index is 348. The highest BCUT2D eigenvalue weighted by Crippen LogP contribution is 2.30. The molecule has 0 fully saturated rings. The second-order valence-electron chi connectivity index (χ2n) is 3.92. The Morgan fingerprint density at radius 3 is 2.79 bits per heavy atom. The van der Waals surface area contributed by atoms with Crippen molar-refractivity contribution in [1.29, 1.82) is 0 Å². The van der Waals surface area contributed by atoms with Crippen LogP contribution in [0.1, 0.15) is 25.8 Å². The van der Waals surface area contributed by atoms with Gasteiger partial charge in [0.05, 0.1) is 6.42 Å². The number of pyridine rings is 1. The maximum atomic E-state index is 10.6. The zero-order chi connectivity index (χ0) is 10.8. The minimum Gasteiger partial charge on any atom is -0.481 e. The molecule has 0 radical (unpaired) electrons. The lowest BCUT2D eigenvalue weighted by atomic mass is 9.81. The largest absolute Gasteiger partial charge is 0.481 e. The summed E-state index contributed by atoms with van der Waals surface area (Å²) in [7, 11) is 0. The van der Waals surface area contributed by atoms with Crippen LogP contribution in [-0.2, 0) is 10.2 Å². The number of aliphatic carboxylic acids is 1. The summed E-state index contributed by atoms with van der Waals surface area (Å²) in [5.74, 6) is -0.835. The van der Waals surface area contributed by atoms with E-state index in [-0.39, 0.29) is 6.42 Å². The quantitative estimate of drug-likeness (QED) is 0.762. The molecule has 0 saturated carbocycles. The number of nitrogens with zero attached hydrogens (tertiary/aromatic N) is 1. The van der Waals surface area contributed by atoms with Gasteiger partial charge in [-0.05, 0) is 11.6 Å². The summed E-state index contributed by atoms with van der Waals surface area (Å²) in [5, 5.41) is 8.74. The van der Waals surface area contributed by atoms with Crippen molar-refractivity contribution >= 4 is 11.7 Å². The van der Waals surface area contributed by atoms with Gasteiger partial charge in [0.15, 0.2) is 0 Å². The van der Waals surface area contributed by atoms with E-state index in [1.165, 1.54) is 0 Å². The van der Waals surface area contributed by atoms with Crippen molar-refractivity contribution < 1.29 is 9.90 Å². The van der Waals surface area contributed by atoms with Gasteiger partial charge in [0.2, 0.25) is 0 Å². The second kappa shape index (κ2) is 3.65. The molecule has 0 aliphatic heterocycles. The predicted molar refractivity (Wildman–Crippen MR) is 53.9 cm³/mol. The predicted octanol–water partition coefficient (Wildman–Crippen LogP) is 1.42. The van der Waals surface area contributed by atoms with Crippen LogP contribution in [0.5, 0.6) is 0 Å². The Labute approximate surface area is 82.8 Å². The first-order chi connectivity index (χ1) is 6.43. The molecule has 0 aliphatic carbocycles. The van der Waals surface area contributed by atoms with E-state index in [2.05, 4.69) is 4.98 Å². The van der Waals surface area contributed by atoms with Gasteiger partial charge in [0.1, 0.15) is 0 Å². The molecule has 1 aromatic rings. The Morgan fingerprint density at radius 2 is 2.29 bits per heavy atom. The van der Waals surface area contributed by atoms with Gasteiger partial charge in [-0.2, -0.15) is 0 Å². The van der Waals surface area contributed by atoms with Crippen LogP contribution in [0, 0.1) is 0 Å². The van der Waals surface area contributed by atoms with Gasteiger partial charge in [-0.1, -0.05) is 13.8 Å². The average Bonchev–Trinajstić information content (AvgIpc) is 2.02. The highest BCUT2D eigenvalue weighted by molar-refractivity contribution is 5.69. The van der Waals surface area contributed by atoms with Crippen LogP contribution in [0.2, 0.25) is 0 Å². The topological polar surface area (TPSA) is 76.2 Å². The molecule has 0 bridgehead atoms. The maximum Gasteiger partial charge on any atom is 0.304 e. The summed E-state index contributed by atoms with van der Waals surface area (Å²) in [5.41, 5.74) is 6.64. The van der Waals surface area contributed by atoms with Crippen molar-refractivity contribution in [1.82, 2.24) is 4.98 Å². The third-order valence-corrected chi connectivity index (χ3v) is 2.18. The Balaban J connectivity index is 3.03. The molecule has 3 N–H and O–H groups in total. The van der Waals surface area contributed by atoms with E-state index in [4.69, 9.17) is 10.8 Å². The van der Waals surface area contributed by atoms with E-state index in [0.717, 1.165) is 5.56 Å². The van der Waals surface area contributed by atoms with Crippen LogP contribution in [0.25, 0.3) is 0 Å². The number of nitrogen functional groups attached to an aromatic ring is 1. The second-order valence-corrected chi connectivity index (χ2v) is 3.92. The number of hydrogen-bond acceptors (Lipinski definition) is 3. The Kier molecular flexibility index (Phi) is 2.74. The van der Waals surface area contributed by atoms with E-state index in [1.807, 2.05) is 13.8 Å². The zero-order valence-electron chi connectivity index (χ0n) is 8.32. The summed E-state index contributed by atoms with van der Waals surface area (Å²) in [6, 6.07) is 1.68. The molecule has 14 heavy (non-hydrogen) atoms. The number of carbonyl (C=O) groups is 1. The first kappa shape index (κ1) is 10.5. The van der Waals surface area contributed by atoms with E-state index in [9.17, 15) is 4.79 Å². The normalized spacial score (nSPS) is 11.3. The summed E-state index contributed by atoms with van der Waals surface area (Å²) >= 11 is 0. The fourth-order valence-electron chi connectivity index (χ4n) is 1.44. The van der Waals surface area contributed by atoms with Crippen LogP contribution in [0.15, 0.2) is 18.5 Å². The van der Waals surface area contributed by atoms with Crippen LogP contribution in [0.4, 0.5) is 5.69 Å². The lowest BCUT2D eigenvalue weighted by Gasteiger charge is -2.23. The number of hydrogen-bond donors (Lipinski definition) is 2. The summed E-state index contributed by atoms with van der Waals surface area (Å²) in [4.78, 5) is 14.6. The molecular weight excluding hydrogens is 180 g/mol. The molecule has 76 valence electrons. The Morgan fingerprint density at radius 1 is 1.64 bits per heavy atom. The lowest BCUT2D eigenvalue weighted by molar-refractivity contribution is -0.138. The zero-order valence-corrected chi connectivity index (χ0v) is 8.32. The number of carboxylic acid groups (broad SMARTS) is 1. The molecule has 1 heterocycles. The van der Waals surface area contributed by atoms with E-state index in [1.54, 1.807) is 18.5 Å². The van der Waals surface area contributed by atoms with Gasteiger partial charge in [-0.25, -0.2) is 0 Å². The van der Waals surface area contributed by atoms with Crippen molar-refractivity contribution in [2.75, 3.05) is 5.73 Å². The van der Waals surface area contributed by atoms with Crippen LogP contribution >= 0.6 is 0 Å². The first-order valence-corrected chi connectivity index (χ1v) is 4.35. The third-order valence-electron chi connectivity index (χ3n) is 2.18. The number of rotatable bonds is 3. The van der Waals surface area contributed by atoms with E-state index >= 15 is 0 Å². The average molecular weight is 194 g/mol. The lowest BCUT2D eigenvalue weighted by Crippen LogP contribution is -2.23. The summed E-state index contributed by atoms with van der Waals surface area (Å²) < 4.78 is 0. The number of anilines is 1. The van der Waals surface area contributed by atoms with Gasteiger partial charge in [-0.3, -0.25) is 9.78 Å².